The van der Waals surface area contributed by atoms with Crippen molar-refractivity contribution in [3.8, 4) is 11.5 Å². The summed E-state index contributed by atoms with van der Waals surface area (Å²) in [4.78, 5) is 4.08. The lowest BCUT2D eigenvalue weighted by Crippen LogP contribution is -2.12. The molecule has 3 rings (SSSR count). The molecule has 1 aliphatic heterocycles. The van der Waals surface area contributed by atoms with Crippen LogP contribution in [0.25, 0.3) is 0 Å². The number of halogens is 1. The van der Waals surface area contributed by atoms with Crippen LogP contribution in [0.3, 0.4) is 0 Å². The zero-order valence-corrected chi connectivity index (χ0v) is 12.0. The monoisotopic (exact) mass is 322 g/mol. The van der Waals surface area contributed by atoms with Gasteiger partial charge in [-0.05, 0) is 29.3 Å². The maximum Gasteiger partial charge on any atom is 0.231 e. The third-order valence-electron chi connectivity index (χ3n) is 2.82. The molecule has 19 heavy (non-hydrogen) atoms. The van der Waals surface area contributed by atoms with E-state index < -0.39 is 0 Å². The molecule has 0 fully saturated rings. The van der Waals surface area contributed by atoms with Crippen LogP contribution >= 0.6 is 17.0 Å². The molecule has 0 aliphatic carbocycles. The van der Waals surface area contributed by atoms with Crippen molar-refractivity contribution in [2.24, 2.45) is 0 Å². The standard InChI is InChI=1S/C14H14N2O2.BrH/c1-2-12(8-15-5-1)9-16-7-11-3-4-13-14(6-11)18-10-17-13;/h1-6,8,16H,7,9-10H2;1H. The highest BCUT2D eigenvalue weighted by Gasteiger charge is 2.12. The van der Waals surface area contributed by atoms with Gasteiger partial charge in [-0.25, -0.2) is 0 Å². The number of hydrogen-bond donors (Lipinski definition) is 1. The number of hydrogen-bond acceptors (Lipinski definition) is 4. The van der Waals surface area contributed by atoms with Crippen LogP contribution in [0.4, 0.5) is 0 Å². The van der Waals surface area contributed by atoms with Gasteiger partial charge in [-0.1, -0.05) is 12.1 Å². The van der Waals surface area contributed by atoms with Crippen LogP contribution in [0.15, 0.2) is 42.7 Å². The predicted molar refractivity (Wildman–Crippen MR) is 77.7 cm³/mol. The van der Waals surface area contributed by atoms with Crippen molar-refractivity contribution in [1.29, 1.82) is 0 Å². The summed E-state index contributed by atoms with van der Waals surface area (Å²) < 4.78 is 10.6. The second-order valence-electron chi connectivity index (χ2n) is 4.15. The molecule has 100 valence electrons. The minimum atomic E-state index is 0. The van der Waals surface area contributed by atoms with Crippen molar-refractivity contribution >= 4 is 17.0 Å². The summed E-state index contributed by atoms with van der Waals surface area (Å²) in [5, 5.41) is 3.37. The van der Waals surface area contributed by atoms with E-state index in [4.69, 9.17) is 9.47 Å². The average molecular weight is 323 g/mol. The minimum Gasteiger partial charge on any atom is -0.454 e. The molecule has 1 N–H and O–H groups in total. The number of ether oxygens (including phenoxy) is 2. The predicted octanol–water partition coefficient (Wildman–Crippen LogP) is 2.68. The number of rotatable bonds is 4. The number of pyridine rings is 1. The highest BCUT2D eigenvalue weighted by molar-refractivity contribution is 8.93. The highest BCUT2D eigenvalue weighted by Crippen LogP contribution is 2.32. The van der Waals surface area contributed by atoms with Gasteiger partial charge in [0.15, 0.2) is 11.5 Å². The molecule has 0 unspecified atom stereocenters. The third kappa shape index (κ3) is 3.45. The second-order valence-corrected chi connectivity index (χ2v) is 4.15. The Bertz CT molecular complexity index is 534. The smallest absolute Gasteiger partial charge is 0.231 e. The van der Waals surface area contributed by atoms with E-state index in [1.165, 1.54) is 11.1 Å². The Hall–Kier alpha value is -1.59. The first kappa shape index (κ1) is 13.8. The van der Waals surface area contributed by atoms with Gasteiger partial charge in [-0.3, -0.25) is 4.98 Å². The molecular weight excluding hydrogens is 308 g/mol. The normalized spacial score (nSPS) is 12.0. The Kier molecular flexibility index (Phi) is 4.76. The zero-order chi connectivity index (χ0) is 12.2. The molecule has 1 aliphatic rings. The number of benzene rings is 1. The molecule has 1 aromatic heterocycles. The Morgan fingerprint density at radius 3 is 2.74 bits per heavy atom. The van der Waals surface area contributed by atoms with Crippen LogP contribution in [0.5, 0.6) is 11.5 Å². The van der Waals surface area contributed by atoms with Crippen LogP contribution in [0, 0.1) is 0 Å². The van der Waals surface area contributed by atoms with E-state index in [9.17, 15) is 0 Å². The SMILES string of the molecule is Br.c1cncc(CNCc2ccc3c(c2)OCO3)c1. The van der Waals surface area contributed by atoms with Crippen LogP contribution in [0.2, 0.25) is 0 Å². The molecule has 0 saturated heterocycles. The summed E-state index contributed by atoms with van der Waals surface area (Å²) in [6, 6.07) is 10.0. The molecule has 0 bridgehead atoms. The molecule has 0 atom stereocenters. The van der Waals surface area contributed by atoms with Gasteiger partial charge in [0.2, 0.25) is 6.79 Å². The Balaban J connectivity index is 0.00000133. The number of nitrogens with zero attached hydrogens (tertiary/aromatic N) is 1. The van der Waals surface area contributed by atoms with Gasteiger partial charge in [-0.15, -0.1) is 17.0 Å². The average Bonchev–Trinajstić information content (AvgIpc) is 2.87. The van der Waals surface area contributed by atoms with Crippen molar-refractivity contribution in [3.05, 3.63) is 53.9 Å². The zero-order valence-electron chi connectivity index (χ0n) is 10.3. The Labute approximate surface area is 122 Å². The van der Waals surface area contributed by atoms with E-state index in [2.05, 4.69) is 16.4 Å². The van der Waals surface area contributed by atoms with Gasteiger partial charge in [0.25, 0.3) is 0 Å². The molecule has 0 radical (unpaired) electrons. The van der Waals surface area contributed by atoms with Crippen molar-refractivity contribution < 1.29 is 9.47 Å². The lowest BCUT2D eigenvalue weighted by Gasteiger charge is -2.05. The maximum absolute atomic E-state index is 5.34. The van der Waals surface area contributed by atoms with Gasteiger partial charge in [0.1, 0.15) is 0 Å². The first-order valence-corrected chi connectivity index (χ1v) is 5.90. The van der Waals surface area contributed by atoms with Crippen molar-refractivity contribution in [2.75, 3.05) is 6.79 Å². The molecule has 2 heterocycles. The topological polar surface area (TPSA) is 43.4 Å². The fourth-order valence-corrected chi connectivity index (χ4v) is 1.90. The molecule has 4 nitrogen and oxygen atoms in total. The van der Waals surface area contributed by atoms with Crippen molar-refractivity contribution in [2.45, 2.75) is 13.1 Å². The van der Waals surface area contributed by atoms with Gasteiger partial charge < -0.3 is 14.8 Å². The summed E-state index contributed by atoms with van der Waals surface area (Å²) in [5.74, 6) is 1.65. The number of aromatic nitrogens is 1. The minimum absolute atomic E-state index is 0. The molecule has 5 heteroatoms. The first-order chi connectivity index (χ1) is 8.92. The van der Waals surface area contributed by atoms with E-state index in [0.717, 1.165) is 24.6 Å². The molecule has 2 aromatic rings. The number of nitrogens with one attached hydrogen (secondary N) is 1. The Morgan fingerprint density at radius 1 is 1.05 bits per heavy atom. The van der Waals surface area contributed by atoms with Crippen molar-refractivity contribution in [1.82, 2.24) is 10.3 Å². The summed E-state index contributed by atoms with van der Waals surface area (Å²) in [5.41, 5.74) is 2.36. The first-order valence-electron chi connectivity index (χ1n) is 5.90. The summed E-state index contributed by atoms with van der Waals surface area (Å²) in [6.07, 6.45) is 3.65. The van der Waals surface area contributed by atoms with E-state index in [1.54, 1.807) is 6.20 Å². The van der Waals surface area contributed by atoms with Crippen molar-refractivity contribution in [3.63, 3.8) is 0 Å². The summed E-state index contributed by atoms with van der Waals surface area (Å²) in [7, 11) is 0. The lowest BCUT2D eigenvalue weighted by molar-refractivity contribution is 0.174. The number of fused-ring (bicyclic) bond motifs is 1. The lowest BCUT2D eigenvalue weighted by atomic mass is 10.2. The quantitative estimate of drug-likeness (QED) is 0.939. The fourth-order valence-electron chi connectivity index (χ4n) is 1.90. The summed E-state index contributed by atoms with van der Waals surface area (Å²) >= 11 is 0. The van der Waals surface area contributed by atoms with Crippen LogP contribution in [-0.2, 0) is 13.1 Å². The van der Waals surface area contributed by atoms with Gasteiger partial charge in [0.05, 0.1) is 0 Å². The molecule has 1 aromatic carbocycles. The summed E-state index contributed by atoms with van der Waals surface area (Å²) in [6.45, 7) is 1.93. The third-order valence-corrected chi connectivity index (χ3v) is 2.82. The van der Waals surface area contributed by atoms with Crippen LogP contribution < -0.4 is 14.8 Å². The largest absolute Gasteiger partial charge is 0.454 e. The van der Waals surface area contributed by atoms with Gasteiger partial charge in [0, 0.05) is 25.5 Å². The highest BCUT2D eigenvalue weighted by atomic mass is 79.9. The molecular formula is C14H15BrN2O2. The fraction of sp³-hybridized carbons (Fsp3) is 0.214. The maximum atomic E-state index is 5.34. The van der Waals surface area contributed by atoms with Gasteiger partial charge >= 0.3 is 0 Å². The van der Waals surface area contributed by atoms with E-state index in [0.29, 0.717) is 6.79 Å². The van der Waals surface area contributed by atoms with Crippen LogP contribution in [-0.4, -0.2) is 11.8 Å². The molecule has 0 amide bonds. The molecule has 0 spiro atoms. The van der Waals surface area contributed by atoms with E-state index in [1.807, 2.05) is 30.5 Å². The van der Waals surface area contributed by atoms with E-state index in [-0.39, 0.29) is 17.0 Å². The van der Waals surface area contributed by atoms with E-state index >= 15 is 0 Å². The second kappa shape index (κ2) is 6.54. The van der Waals surface area contributed by atoms with Gasteiger partial charge in [-0.2, -0.15) is 0 Å². The van der Waals surface area contributed by atoms with Crippen LogP contribution in [0.1, 0.15) is 11.1 Å². The Morgan fingerprint density at radius 2 is 1.89 bits per heavy atom. The molecule has 0 saturated carbocycles.